The fraction of sp³-hybridized carbons (Fsp3) is 0.333. The highest BCUT2D eigenvalue weighted by Gasteiger charge is 2.08. The van der Waals surface area contributed by atoms with E-state index < -0.39 is 0 Å². The van der Waals surface area contributed by atoms with Crippen LogP contribution in [0.3, 0.4) is 0 Å². The molecule has 0 fully saturated rings. The van der Waals surface area contributed by atoms with Gasteiger partial charge in [0, 0.05) is 16.5 Å². The Bertz CT molecular complexity index is 376. The minimum atomic E-state index is 0.560. The highest BCUT2D eigenvalue weighted by Crippen LogP contribution is 2.28. The minimum Gasteiger partial charge on any atom is -0.243 e. The van der Waals surface area contributed by atoms with Gasteiger partial charge in [-0.3, -0.25) is 0 Å². The van der Waals surface area contributed by atoms with Crippen molar-refractivity contribution >= 4 is 22.7 Å². The molecule has 0 unspecified atom stereocenters. The summed E-state index contributed by atoms with van der Waals surface area (Å²) in [5.74, 6) is 0.560. The molecule has 0 amide bonds. The van der Waals surface area contributed by atoms with E-state index in [1.807, 2.05) is 17.1 Å². The number of rotatable bonds is 2. The molecule has 0 aliphatic heterocycles. The van der Waals surface area contributed by atoms with Gasteiger partial charge in [0.05, 0.1) is 5.51 Å². The molecule has 2 nitrogen and oxygen atoms in total. The van der Waals surface area contributed by atoms with Crippen LogP contribution in [0.25, 0.3) is 10.7 Å². The molecule has 0 atom stereocenters. The van der Waals surface area contributed by atoms with E-state index in [1.165, 1.54) is 4.88 Å². The Morgan fingerprint density at radius 2 is 2.15 bits per heavy atom. The number of aromatic nitrogens is 2. The Hall–Kier alpha value is -0.740. The van der Waals surface area contributed by atoms with Crippen LogP contribution in [0.5, 0.6) is 0 Å². The van der Waals surface area contributed by atoms with E-state index in [4.69, 9.17) is 0 Å². The Kier molecular flexibility index (Phi) is 2.42. The molecule has 2 aromatic heterocycles. The van der Waals surface area contributed by atoms with Crippen LogP contribution < -0.4 is 0 Å². The van der Waals surface area contributed by atoms with E-state index in [0.29, 0.717) is 5.92 Å². The third-order valence-electron chi connectivity index (χ3n) is 1.74. The van der Waals surface area contributed by atoms with Gasteiger partial charge in [-0.15, -0.1) is 22.7 Å². The van der Waals surface area contributed by atoms with Crippen LogP contribution in [-0.2, 0) is 0 Å². The van der Waals surface area contributed by atoms with Gasteiger partial charge >= 0.3 is 0 Å². The van der Waals surface area contributed by atoms with Gasteiger partial charge < -0.3 is 0 Å². The molecule has 0 spiro atoms. The molecule has 2 rings (SSSR count). The summed E-state index contributed by atoms with van der Waals surface area (Å²) in [5.41, 5.74) is 2.84. The van der Waals surface area contributed by atoms with Crippen molar-refractivity contribution in [2.24, 2.45) is 0 Å². The van der Waals surface area contributed by atoms with E-state index in [2.05, 4.69) is 23.8 Å². The molecule has 0 N–H and O–H groups in total. The van der Waals surface area contributed by atoms with E-state index in [0.717, 1.165) is 10.7 Å². The van der Waals surface area contributed by atoms with Crippen LogP contribution in [0.1, 0.15) is 24.6 Å². The second-order valence-corrected chi connectivity index (χ2v) is 4.88. The fourth-order valence-corrected chi connectivity index (χ4v) is 2.49. The molecule has 2 aromatic rings. The molecule has 13 heavy (non-hydrogen) atoms. The summed E-state index contributed by atoms with van der Waals surface area (Å²) in [4.78, 5) is 9.89. The lowest BCUT2D eigenvalue weighted by Gasteiger charge is -1.95. The first kappa shape index (κ1) is 8.84. The van der Waals surface area contributed by atoms with E-state index >= 15 is 0 Å². The SMILES string of the molecule is CC(C)c1cnc(-c2cscn2)s1. The second kappa shape index (κ2) is 3.55. The predicted molar refractivity (Wildman–Crippen MR) is 57.3 cm³/mol. The maximum Gasteiger partial charge on any atom is 0.142 e. The summed E-state index contributed by atoms with van der Waals surface area (Å²) in [6.07, 6.45) is 1.95. The van der Waals surface area contributed by atoms with Gasteiger partial charge in [-0.25, -0.2) is 9.97 Å². The number of hydrogen-bond acceptors (Lipinski definition) is 4. The Morgan fingerprint density at radius 3 is 2.69 bits per heavy atom. The highest BCUT2D eigenvalue weighted by atomic mass is 32.1. The van der Waals surface area contributed by atoms with Crippen LogP contribution in [0.2, 0.25) is 0 Å². The van der Waals surface area contributed by atoms with Gasteiger partial charge in [-0.2, -0.15) is 0 Å². The Balaban J connectivity index is 2.33. The van der Waals surface area contributed by atoms with Gasteiger partial charge in [-0.1, -0.05) is 13.8 Å². The molecule has 0 saturated carbocycles. The second-order valence-electron chi connectivity index (χ2n) is 3.10. The molecule has 0 aromatic carbocycles. The fourth-order valence-electron chi connectivity index (χ4n) is 0.990. The molecule has 0 aliphatic carbocycles. The van der Waals surface area contributed by atoms with Crippen molar-refractivity contribution in [3.63, 3.8) is 0 Å². The van der Waals surface area contributed by atoms with Crippen molar-refractivity contribution in [3.8, 4) is 10.7 Å². The monoisotopic (exact) mass is 210 g/mol. The van der Waals surface area contributed by atoms with Crippen molar-refractivity contribution < 1.29 is 0 Å². The van der Waals surface area contributed by atoms with Crippen LogP contribution >= 0.6 is 22.7 Å². The van der Waals surface area contributed by atoms with Crippen molar-refractivity contribution in [1.29, 1.82) is 0 Å². The molecular formula is C9H10N2S2. The summed E-state index contributed by atoms with van der Waals surface area (Å²) in [5, 5.41) is 3.06. The molecule has 68 valence electrons. The summed E-state index contributed by atoms with van der Waals surface area (Å²) in [7, 11) is 0. The predicted octanol–water partition coefficient (Wildman–Crippen LogP) is 3.39. The molecule has 2 heterocycles. The zero-order chi connectivity index (χ0) is 9.26. The Morgan fingerprint density at radius 1 is 1.31 bits per heavy atom. The molecule has 4 heteroatoms. The molecule has 0 aliphatic rings. The Labute approximate surface area is 85.3 Å². The first-order chi connectivity index (χ1) is 6.27. The first-order valence-corrected chi connectivity index (χ1v) is 5.87. The molecular weight excluding hydrogens is 200 g/mol. The largest absolute Gasteiger partial charge is 0.243 e. The lowest BCUT2D eigenvalue weighted by Crippen LogP contribution is -1.77. The van der Waals surface area contributed by atoms with E-state index in [1.54, 1.807) is 22.7 Å². The quantitative estimate of drug-likeness (QED) is 0.759. The average molecular weight is 210 g/mol. The lowest BCUT2D eigenvalue weighted by atomic mass is 10.2. The highest BCUT2D eigenvalue weighted by molar-refractivity contribution is 7.15. The van der Waals surface area contributed by atoms with E-state index in [-0.39, 0.29) is 0 Å². The average Bonchev–Trinajstić information content (AvgIpc) is 2.75. The third kappa shape index (κ3) is 1.78. The van der Waals surface area contributed by atoms with Gasteiger partial charge in [0.25, 0.3) is 0 Å². The zero-order valence-electron chi connectivity index (χ0n) is 7.52. The number of nitrogens with zero attached hydrogens (tertiary/aromatic N) is 2. The minimum absolute atomic E-state index is 0.560. The molecule has 0 radical (unpaired) electrons. The van der Waals surface area contributed by atoms with Crippen molar-refractivity contribution in [1.82, 2.24) is 9.97 Å². The molecule has 0 saturated heterocycles. The van der Waals surface area contributed by atoms with Gasteiger partial charge in [0.2, 0.25) is 0 Å². The first-order valence-electron chi connectivity index (χ1n) is 4.11. The zero-order valence-corrected chi connectivity index (χ0v) is 9.15. The van der Waals surface area contributed by atoms with Crippen LogP contribution in [0.15, 0.2) is 17.1 Å². The van der Waals surface area contributed by atoms with Crippen molar-refractivity contribution in [2.75, 3.05) is 0 Å². The van der Waals surface area contributed by atoms with Gasteiger partial charge in [0.1, 0.15) is 10.7 Å². The summed E-state index contributed by atoms with van der Waals surface area (Å²) >= 11 is 3.34. The summed E-state index contributed by atoms with van der Waals surface area (Å²) in [6.45, 7) is 4.36. The third-order valence-corrected chi connectivity index (χ3v) is 3.65. The lowest BCUT2D eigenvalue weighted by molar-refractivity contribution is 0.885. The maximum absolute atomic E-state index is 4.34. The van der Waals surface area contributed by atoms with Crippen LogP contribution in [-0.4, -0.2) is 9.97 Å². The van der Waals surface area contributed by atoms with E-state index in [9.17, 15) is 0 Å². The topological polar surface area (TPSA) is 25.8 Å². The summed E-state index contributed by atoms with van der Waals surface area (Å²) < 4.78 is 0. The maximum atomic E-state index is 4.34. The number of thiazole rings is 2. The normalized spacial score (nSPS) is 11.0. The van der Waals surface area contributed by atoms with Crippen LogP contribution in [0, 0.1) is 0 Å². The van der Waals surface area contributed by atoms with Crippen molar-refractivity contribution in [3.05, 3.63) is 22.0 Å². The molecule has 0 bridgehead atoms. The summed E-state index contributed by atoms with van der Waals surface area (Å²) in [6, 6.07) is 0. The van der Waals surface area contributed by atoms with Gasteiger partial charge in [0.15, 0.2) is 0 Å². The smallest absolute Gasteiger partial charge is 0.142 e. The standard InChI is InChI=1S/C9H10N2S2/c1-6(2)8-3-10-9(13-8)7-4-12-5-11-7/h3-6H,1-2H3. The van der Waals surface area contributed by atoms with Crippen molar-refractivity contribution in [2.45, 2.75) is 19.8 Å². The number of hydrogen-bond donors (Lipinski definition) is 0. The van der Waals surface area contributed by atoms with Gasteiger partial charge in [-0.05, 0) is 5.92 Å². The van der Waals surface area contributed by atoms with Crippen LogP contribution in [0.4, 0.5) is 0 Å².